The van der Waals surface area contributed by atoms with Crippen LogP contribution in [-0.2, 0) is 0 Å². The van der Waals surface area contributed by atoms with Crippen molar-refractivity contribution in [2.24, 2.45) is 5.92 Å². The van der Waals surface area contributed by atoms with E-state index in [1.807, 2.05) is 24.3 Å². The van der Waals surface area contributed by atoms with Crippen molar-refractivity contribution in [3.05, 3.63) is 71.0 Å². The van der Waals surface area contributed by atoms with Crippen LogP contribution in [0.1, 0.15) is 40.5 Å². The minimum absolute atomic E-state index is 0.121. The summed E-state index contributed by atoms with van der Waals surface area (Å²) in [6.45, 7) is 8.71. The van der Waals surface area contributed by atoms with Gasteiger partial charge in [-0.25, -0.2) is 0 Å². The maximum absolute atomic E-state index is 6.05. The molecule has 0 saturated heterocycles. The second-order valence-corrected chi connectivity index (χ2v) is 6.91. The first kappa shape index (κ1) is 16.6. The van der Waals surface area contributed by atoms with Crippen LogP contribution < -0.4 is 9.47 Å². The van der Waals surface area contributed by atoms with Gasteiger partial charge in [0.2, 0.25) is 0 Å². The lowest BCUT2D eigenvalue weighted by molar-refractivity contribution is 0.247. The lowest BCUT2D eigenvalue weighted by Gasteiger charge is -2.21. The van der Waals surface area contributed by atoms with Gasteiger partial charge in [-0.1, -0.05) is 35.8 Å². The molecule has 0 saturated carbocycles. The maximum Gasteiger partial charge on any atom is 0.127 e. The van der Waals surface area contributed by atoms with Crippen LogP contribution in [0.15, 0.2) is 71.0 Å². The van der Waals surface area contributed by atoms with E-state index in [1.165, 1.54) is 16.7 Å². The van der Waals surface area contributed by atoms with E-state index >= 15 is 0 Å². The van der Waals surface area contributed by atoms with Crippen molar-refractivity contribution in [2.45, 2.75) is 46.6 Å². The Morgan fingerprint density at radius 2 is 1.62 bits per heavy atom. The number of allylic oxidation sites excluding steroid dienone is 6. The number of hydrogen-bond acceptors (Lipinski definition) is 2. The number of hydrogen-bond donors (Lipinski definition) is 0. The van der Waals surface area contributed by atoms with Gasteiger partial charge in [0.1, 0.15) is 23.4 Å². The molecule has 2 unspecified atom stereocenters. The molecule has 0 fully saturated rings. The van der Waals surface area contributed by atoms with Gasteiger partial charge in [-0.15, -0.1) is 0 Å². The third-order valence-corrected chi connectivity index (χ3v) is 4.92. The fraction of sp³-hybridized carbons (Fsp3) is 0.364. The summed E-state index contributed by atoms with van der Waals surface area (Å²) in [5.41, 5.74) is 4.15. The molecule has 0 amide bonds. The third kappa shape index (κ3) is 4.00. The van der Waals surface area contributed by atoms with Gasteiger partial charge in [0.15, 0.2) is 0 Å². The molecule has 2 aliphatic carbocycles. The van der Waals surface area contributed by atoms with Gasteiger partial charge in [-0.2, -0.15) is 0 Å². The Kier molecular flexibility index (Phi) is 4.94. The monoisotopic (exact) mass is 322 g/mol. The van der Waals surface area contributed by atoms with Crippen LogP contribution >= 0.6 is 0 Å². The summed E-state index contributed by atoms with van der Waals surface area (Å²) >= 11 is 0. The van der Waals surface area contributed by atoms with E-state index in [-0.39, 0.29) is 6.10 Å². The molecule has 2 nitrogen and oxygen atoms in total. The van der Waals surface area contributed by atoms with E-state index < -0.39 is 0 Å². The Balaban J connectivity index is 1.59. The average molecular weight is 322 g/mol. The Bertz CT molecular complexity index is 717. The summed E-state index contributed by atoms with van der Waals surface area (Å²) in [5.74, 6) is 3.31. The van der Waals surface area contributed by atoms with E-state index in [0.717, 1.165) is 30.1 Å². The molecule has 0 aromatic heterocycles. The first-order chi connectivity index (χ1) is 11.5. The molecule has 0 bridgehead atoms. The third-order valence-electron chi connectivity index (χ3n) is 4.92. The molecule has 0 radical (unpaired) electrons. The van der Waals surface area contributed by atoms with E-state index in [2.05, 4.69) is 52.0 Å². The molecule has 2 atom stereocenters. The molecule has 0 aliphatic heterocycles. The molecule has 2 aliphatic rings. The van der Waals surface area contributed by atoms with Gasteiger partial charge in [-0.05, 0) is 63.1 Å². The summed E-state index contributed by atoms with van der Waals surface area (Å²) in [6, 6.07) is 7.92. The van der Waals surface area contributed by atoms with Crippen molar-refractivity contribution in [2.75, 3.05) is 0 Å². The fourth-order valence-electron chi connectivity index (χ4n) is 2.91. The van der Waals surface area contributed by atoms with Crippen molar-refractivity contribution in [3.63, 3.8) is 0 Å². The standard InChI is InChI=1S/C22H26O2/c1-15-5-7-21(13-17(15)3)23-19-9-11-20(12-10-19)24-22-8-6-16(2)18(4)14-22/h5-12,17,22H,13-14H2,1-4H3. The Labute approximate surface area is 145 Å². The molecule has 2 heteroatoms. The predicted octanol–water partition coefficient (Wildman–Crippen LogP) is 5.98. The molecule has 0 N–H and O–H groups in total. The van der Waals surface area contributed by atoms with Gasteiger partial charge in [0.05, 0.1) is 0 Å². The topological polar surface area (TPSA) is 18.5 Å². The molecule has 0 spiro atoms. The predicted molar refractivity (Wildman–Crippen MR) is 99.2 cm³/mol. The van der Waals surface area contributed by atoms with E-state index in [1.54, 1.807) is 0 Å². The highest BCUT2D eigenvalue weighted by Gasteiger charge is 2.15. The van der Waals surface area contributed by atoms with E-state index in [4.69, 9.17) is 9.47 Å². The van der Waals surface area contributed by atoms with Crippen LogP contribution in [0.3, 0.4) is 0 Å². The zero-order chi connectivity index (χ0) is 17.1. The Hall–Kier alpha value is -2.22. The van der Waals surface area contributed by atoms with Crippen molar-refractivity contribution in [3.8, 4) is 11.5 Å². The molecule has 1 aromatic rings. The SMILES string of the molecule is CC1=CC=C(Oc2ccc(OC3C=CC(C)=C(C)C3)cc2)CC1C. The second kappa shape index (κ2) is 7.12. The van der Waals surface area contributed by atoms with Crippen LogP contribution in [0.5, 0.6) is 11.5 Å². The van der Waals surface area contributed by atoms with Crippen molar-refractivity contribution in [1.29, 1.82) is 0 Å². The quantitative estimate of drug-likeness (QED) is 0.679. The van der Waals surface area contributed by atoms with Crippen molar-refractivity contribution in [1.82, 2.24) is 0 Å². The summed E-state index contributed by atoms with van der Waals surface area (Å²) in [7, 11) is 0. The lowest BCUT2D eigenvalue weighted by Crippen LogP contribution is -2.16. The lowest BCUT2D eigenvalue weighted by atomic mass is 9.94. The molecule has 24 heavy (non-hydrogen) atoms. The number of ether oxygens (including phenoxy) is 2. The van der Waals surface area contributed by atoms with Gasteiger partial charge < -0.3 is 9.47 Å². The summed E-state index contributed by atoms with van der Waals surface area (Å²) in [5, 5.41) is 0. The minimum atomic E-state index is 0.121. The molecular formula is C22H26O2. The van der Waals surface area contributed by atoms with Crippen LogP contribution in [0.4, 0.5) is 0 Å². The second-order valence-electron chi connectivity index (χ2n) is 6.91. The molecule has 3 rings (SSSR count). The molecule has 126 valence electrons. The van der Waals surface area contributed by atoms with Gasteiger partial charge >= 0.3 is 0 Å². The van der Waals surface area contributed by atoms with Crippen molar-refractivity contribution < 1.29 is 9.47 Å². The number of benzene rings is 1. The highest BCUT2D eigenvalue weighted by Crippen LogP contribution is 2.28. The normalized spacial score (nSPS) is 23.7. The van der Waals surface area contributed by atoms with Gasteiger partial charge in [0, 0.05) is 12.8 Å². The summed E-state index contributed by atoms with van der Waals surface area (Å²) in [4.78, 5) is 0. The summed E-state index contributed by atoms with van der Waals surface area (Å²) < 4.78 is 12.0. The zero-order valence-electron chi connectivity index (χ0n) is 15.0. The molecular weight excluding hydrogens is 296 g/mol. The van der Waals surface area contributed by atoms with Crippen molar-refractivity contribution >= 4 is 0 Å². The van der Waals surface area contributed by atoms with Crippen LogP contribution in [-0.4, -0.2) is 6.10 Å². The fourth-order valence-corrected chi connectivity index (χ4v) is 2.91. The molecule has 1 aromatic carbocycles. The van der Waals surface area contributed by atoms with Crippen LogP contribution in [0.25, 0.3) is 0 Å². The smallest absolute Gasteiger partial charge is 0.127 e. The van der Waals surface area contributed by atoms with Crippen LogP contribution in [0.2, 0.25) is 0 Å². The van der Waals surface area contributed by atoms with E-state index in [0.29, 0.717) is 5.92 Å². The maximum atomic E-state index is 6.05. The number of rotatable bonds is 4. The first-order valence-corrected chi connectivity index (χ1v) is 8.68. The Morgan fingerprint density at radius 3 is 2.29 bits per heavy atom. The minimum Gasteiger partial charge on any atom is -0.486 e. The summed E-state index contributed by atoms with van der Waals surface area (Å²) in [6.07, 6.45) is 10.5. The first-order valence-electron chi connectivity index (χ1n) is 8.68. The highest BCUT2D eigenvalue weighted by molar-refractivity contribution is 5.35. The zero-order valence-corrected chi connectivity index (χ0v) is 15.0. The van der Waals surface area contributed by atoms with Gasteiger partial charge in [-0.3, -0.25) is 0 Å². The molecule has 0 heterocycles. The largest absolute Gasteiger partial charge is 0.486 e. The van der Waals surface area contributed by atoms with E-state index in [9.17, 15) is 0 Å². The van der Waals surface area contributed by atoms with Crippen LogP contribution in [0, 0.1) is 5.92 Å². The average Bonchev–Trinajstić information content (AvgIpc) is 2.56. The Morgan fingerprint density at radius 1 is 0.917 bits per heavy atom. The highest BCUT2D eigenvalue weighted by atomic mass is 16.5. The van der Waals surface area contributed by atoms with Gasteiger partial charge in [0.25, 0.3) is 0 Å².